The Bertz CT molecular complexity index is 407. The number of rotatable bonds is 5. The zero-order chi connectivity index (χ0) is 13.1. The van der Waals surface area contributed by atoms with Gasteiger partial charge in [0.2, 0.25) is 0 Å². The van der Waals surface area contributed by atoms with E-state index in [2.05, 4.69) is 28.7 Å². The minimum Gasteiger partial charge on any atom is -0.380 e. The van der Waals surface area contributed by atoms with Crippen LogP contribution in [0.2, 0.25) is 0 Å². The minimum absolute atomic E-state index is 0.252. The van der Waals surface area contributed by atoms with Gasteiger partial charge in [0.25, 0.3) is 0 Å². The number of hydrogen-bond donors (Lipinski definition) is 1. The van der Waals surface area contributed by atoms with Crippen LogP contribution in [0.4, 0.5) is 0 Å². The van der Waals surface area contributed by atoms with Crippen molar-refractivity contribution in [2.45, 2.75) is 58.2 Å². The third-order valence-electron chi connectivity index (χ3n) is 4.21. The topological polar surface area (TPSA) is 52.0 Å². The smallest absolute Gasteiger partial charge is 0.0964 e. The van der Waals surface area contributed by atoms with Gasteiger partial charge in [0.15, 0.2) is 0 Å². The first-order valence-corrected chi connectivity index (χ1v) is 7.44. The van der Waals surface area contributed by atoms with Gasteiger partial charge in [-0.2, -0.15) is 0 Å². The van der Waals surface area contributed by atoms with Gasteiger partial charge in [-0.3, -0.25) is 4.68 Å². The maximum absolute atomic E-state index is 5.27. The fraction of sp³-hybridized carbons (Fsp3) is 0.857. The molecule has 0 aromatic carbocycles. The van der Waals surface area contributed by atoms with Crippen molar-refractivity contribution in [3.05, 3.63) is 11.9 Å². The van der Waals surface area contributed by atoms with E-state index in [1.54, 1.807) is 0 Å². The van der Waals surface area contributed by atoms with Crippen LogP contribution < -0.4 is 5.32 Å². The Kier molecular flexibility index (Phi) is 3.84. The highest BCUT2D eigenvalue weighted by molar-refractivity contribution is 4.94. The van der Waals surface area contributed by atoms with Gasteiger partial charge in [-0.15, -0.1) is 5.10 Å². The molecule has 2 aliphatic rings. The Labute approximate surface area is 114 Å². The molecule has 106 valence electrons. The van der Waals surface area contributed by atoms with Crippen molar-refractivity contribution in [3.63, 3.8) is 0 Å². The molecule has 3 rings (SSSR count). The fourth-order valence-electron chi connectivity index (χ4n) is 2.99. The van der Waals surface area contributed by atoms with Crippen LogP contribution in [0.1, 0.15) is 44.7 Å². The average molecular weight is 264 g/mol. The van der Waals surface area contributed by atoms with Crippen LogP contribution in [0.25, 0.3) is 0 Å². The van der Waals surface area contributed by atoms with Crippen LogP contribution in [-0.2, 0) is 17.8 Å². The van der Waals surface area contributed by atoms with Crippen molar-refractivity contribution >= 4 is 0 Å². The van der Waals surface area contributed by atoms with Crippen LogP contribution in [0, 0.1) is 5.41 Å². The van der Waals surface area contributed by atoms with Crippen molar-refractivity contribution in [2.75, 3.05) is 13.2 Å². The number of hydrogen-bond acceptors (Lipinski definition) is 4. The molecule has 19 heavy (non-hydrogen) atoms. The van der Waals surface area contributed by atoms with E-state index in [0.717, 1.165) is 32.0 Å². The van der Waals surface area contributed by atoms with E-state index in [1.807, 2.05) is 4.68 Å². The van der Waals surface area contributed by atoms with Gasteiger partial charge in [0, 0.05) is 24.2 Å². The largest absolute Gasteiger partial charge is 0.380 e. The third-order valence-corrected chi connectivity index (χ3v) is 4.21. The third kappa shape index (κ3) is 3.34. The summed E-state index contributed by atoms with van der Waals surface area (Å²) < 4.78 is 7.23. The molecule has 2 heterocycles. The molecule has 0 spiro atoms. The maximum Gasteiger partial charge on any atom is 0.0964 e. The van der Waals surface area contributed by atoms with E-state index in [1.165, 1.54) is 32.1 Å². The number of ether oxygens (including phenoxy) is 1. The van der Waals surface area contributed by atoms with Crippen LogP contribution in [0.3, 0.4) is 0 Å². The molecule has 1 saturated heterocycles. The Morgan fingerprint density at radius 2 is 2.16 bits per heavy atom. The second-order valence-corrected chi connectivity index (χ2v) is 6.43. The summed E-state index contributed by atoms with van der Waals surface area (Å²) >= 11 is 0. The van der Waals surface area contributed by atoms with E-state index in [9.17, 15) is 0 Å². The molecule has 0 amide bonds. The highest BCUT2D eigenvalue weighted by Gasteiger charge is 2.34. The van der Waals surface area contributed by atoms with Crippen LogP contribution in [0.15, 0.2) is 6.20 Å². The van der Waals surface area contributed by atoms with Gasteiger partial charge in [0.1, 0.15) is 0 Å². The van der Waals surface area contributed by atoms with Crippen LogP contribution in [0.5, 0.6) is 0 Å². The SMILES string of the molecule is CC1(Cn2cc(CNC3CCCCC3)nn2)COC1. The summed E-state index contributed by atoms with van der Waals surface area (Å²) in [4.78, 5) is 0. The Morgan fingerprint density at radius 1 is 1.37 bits per heavy atom. The monoisotopic (exact) mass is 264 g/mol. The molecule has 0 bridgehead atoms. The molecule has 5 nitrogen and oxygen atoms in total. The molecule has 1 aromatic heterocycles. The maximum atomic E-state index is 5.27. The molecule has 1 aliphatic heterocycles. The summed E-state index contributed by atoms with van der Waals surface area (Å²) in [5.41, 5.74) is 1.30. The first-order chi connectivity index (χ1) is 9.23. The van der Waals surface area contributed by atoms with Gasteiger partial charge < -0.3 is 10.1 Å². The van der Waals surface area contributed by atoms with Crippen LogP contribution >= 0.6 is 0 Å². The minimum atomic E-state index is 0.252. The summed E-state index contributed by atoms with van der Waals surface area (Å²) in [7, 11) is 0. The lowest BCUT2D eigenvalue weighted by Gasteiger charge is -2.37. The zero-order valence-electron chi connectivity index (χ0n) is 11.8. The fourth-order valence-corrected chi connectivity index (χ4v) is 2.99. The summed E-state index contributed by atoms with van der Waals surface area (Å²) in [6, 6.07) is 0.677. The quantitative estimate of drug-likeness (QED) is 0.880. The van der Waals surface area contributed by atoms with E-state index < -0.39 is 0 Å². The molecular weight excluding hydrogens is 240 g/mol. The predicted molar refractivity (Wildman–Crippen MR) is 72.7 cm³/mol. The Balaban J connectivity index is 1.47. The average Bonchev–Trinajstić information content (AvgIpc) is 2.83. The second kappa shape index (κ2) is 5.59. The molecule has 5 heteroatoms. The second-order valence-electron chi connectivity index (χ2n) is 6.43. The van der Waals surface area contributed by atoms with E-state index in [0.29, 0.717) is 6.04 Å². The molecule has 1 saturated carbocycles. The molecule has 2 fully saturated rings. The normalized spacial score (nSPS) is 23.2. The Morgan fingerprint density at radius 3 is 2.84 bits per heavy atom. The van der Waals surface area contributed by atoms with Crippen molar-refractivity contribution in [1.82, 2.24) is 20.3 Å². The van der Waals surface area contributed by atoms with Gasteiger partial charge in [-0.25, -0.2) is 0 Å². The molecule has 0 radical (unpaired) electrons. The molecule has 0 unspecified atom stereocenters. The highest BCUT2D eigenvalue weighted by Crippen LogP contribution is 2.28. The first kappa shape index (κ1) is 13.1. The van der Waals surface area contributed by atoms with Gasteiger partial charge >= 0.3 is 0 Å². The van der Waals surface area contributed by atoms with Crippen molar-refractivity contribution in [1.29, 1.82) is 0 Å². The number of nitrogens with zero attached hydrogens (tertiary/aromatic N) is 3. The van der Waals surface area contributed by atoms with E-state index in [-0.39, 0.29) is 5.41 Å². The summed E-state index contributed by atoms with van der Waals surface area (Å²) in [6.07, 6.45) is 8.81. The lowest BCUT2D eigenvalue weighted by molar-refractivity contribution is -0.111. The molecule has 0 atom stereocenters. The lowest BCUT2D eigenvalue weighted by Crippen LogP contribution is -2.43. The summed E-state index contributed by atoms with van der Waals surface area (Å²) in [5.74, 6) is 0. The highest BCUT2D eigenvalue weighted by atomic mass is 16.5. The number of nitrogens with one attached hydrogen (secondary N) is 1. The lowest BCUT2D eigenvalue weighted by atomic mass is 9.89. The first-order valence-electron chi connectivity index (χ1n) is 7.44. The van der Waals surface area contributed by atoms with Crippen molar-refractivity contribution in [2.24, 2.45) is 5.41 Å². The molecule has 1 aliphatic carbocycles. The van der Waals surface area contributed by atoms with Gasteiger partial charge in [-0.1, -0.05) is 31.4 Å². The molecular formula is C14H24N4O. The van der Waals surface area contributed by atoms with Gasteiger partial charge in [0.05, 0.1) is 25.5 Å². The molecule has 1 aromatic rings. The van der Waals surface area contributed by atoms with Crippen molar-refractivity contribution in [3.8, 4) is 0 Å². The summed E-state index contributed by atoms with van der Waals surface area (Å²) in [6.45, 7) is 5.66. The van der Waals surface area contributed by atoms with Crippen molar-refractivity contribution < 1.29 is 4.74 Å². The summed E-state index contributed by atoms with van der Waals surface area (Å²) in [5, 5.41) is 12.1. The zero-order valence-corrected chi connectivity index (χ0v) is 11.8. The Hall–Kier alpha value is -0.940. The van der Waals surface area contributed by atoms with E-state index in [4.69, 9.17) is 4.74 Å². The van der Waals surface area contributed by atoms with Crippen LogP contribution in [-0.4, -0.2) is 34.2 Å². The number of aromatic nitrogens is 3. The standard InChI is InChI=1S/C14H24N4O/c1-14(10-19-11-14)9-18-8-13(16-17-18)7-15-12-5-3-2-4-6-12/h8,12,15H,2-7,9-11H2,1H3. The predicted octanol–water partition coefficient (Wildman–Crippen LogP) is 1.74. The van der Waals surface area contributed by atoms with Gasteiger partial charge in [-0.05, 0) is 12.8 Å². The molecule has 1 N–H and O–H groups in total. The van der Waals surface area contributed by atoms with E-state index >= 15 is 0 Å².